The van der Waals surface area contributed by atoms with Gasteiger partial charge in [-0.2, -0.15) is 5.10 Å². The van der Waals surface area contributed by atoms with Crippen molar-refractivity contribution in [2.75, 3.05) is 7.05 Å². The summed E-state index contributed by atoms with van der Waals surface area (Å²) in [6, 6.07) is 0. The standard InChI is InChI=1S/C14H21N5O2/c1-5-7-19-10(3)11(8-15-19)14(20)18(4)9-13-17-16-12(6-2)21-13/h8H,5-7,9H2,1-4H3. The van der Waals surface area contributed by atoms with E-state index in [9.17, 15) is 4.79 Å². The smallest absolute Gasteiger partial charge is 0.257 e. The fourth-order valence-electron chi connectivity index (χ4n) is 2.07. The lowest BCUT2D eigenvalue weighted by Crippen LogP contribution is -2.26. The minimum atomic E-state index is -0.0916. The Morgan fingerprint density at radius 3 is 2.67 bits per heavy atom. The third-order valence-corrected chi connectivity index (χ3v) is 3.30. The second kappa shape index (κ2) is 6.51. The molecule has 0 aromatic carbocycles. The van der Waals surface area contributed by atoms with E-state index in [1.165, 1.54) is 0 Å². The Kier molecular flexibility index (Phi) is 4.72. The highest BCUT2D eigenvalue weighted by Gasteiger charge is 2.19. The summed E-state index contributed by atoms with van der Waals surface area (Å²) in [6.07, 6.45) is 3.29. The molecule has 0 saturated heterocycles. The van der Waals surface area contributed by atoms with Gasteiger partial charge in [0, 0.05) is 25.7 Å². The van der Waals surface area contributed by atoms with Crippen LogP contribution in [0.4, 0.5) is 0 Å². The van der Waals surface area contributed by atoms with Gasteiger partial charge in [-0.25, -0.2) is 0 Å². The first-order valence-electron chi connectivity index (χ1n) is 7.15. The molecule has 0 atom stereocenters. The largest absolute Gasteiger partial charge is 0.423 e. The van der Waals surface area contributed by atoms with Crippen LogP contribution in [0.15, 0.2) is 10.6 Å². The predicted molar refractivity (Wildman–Crippen MR) is 76.7 cm³/mol. The first-order valence-corrected chi connectivity index (χ1v) is 7.15. The highest BCUT2D eigenvalue weighted by Crippen LogP contribution is 2.12. The van der Waals surface area contributed by atoms with Gasteiger partial charge in [0.2, 0.25) is 11.8 Å². The van der Waals surface area contributed by atoms with Crippen molar-refractivity contribution in [3.05, 3.63) is 29.2 Å². The molecule has 0 radical (unpaired) electrons. The topological polar surface area (TPSA) is 77.1 Å². The summed E-state index contributed by atoms with van der Waals surface area (Å²) in [5.74, 6) is 0.935. The summed E-state index contributed by atoms with van der Waals surface area (Å²) in [4.78, 5) is 14.0. The van der Waals surface area contributed by atoms with E-state index in [0.29, 0.717) is 30.3 Å². The van der Waals surface area contributed by atoms with Crippen LogP contribution in [-0.4, -0.2) is 37.8 Å². The van der Waals surface area contributed by atoms with Crippen LogP contribution in [0.3, 0.4) is 0 Å². The lowest BCUT2D eigenvalue weighted by Gasteiger charge is -2.14. The molecule has 0 bridgehead atoms. The fourth-order valence-corrected chi connectivity index (χ4v) is 2.07. The Balaban J connectivity index is 2.08. The molecule has 1 amide bonds. The van der Waals surface area contributed by atoms with E-state index in [0.717, 1.165) is 18.7 Å². The Morgan fingerprint density at radius 2 is 2.05 bits per heavy atom. The minimum Gasteiger partial charge on any atom is -0.423 e. The Bertz CT molecular complexity index is 617. The highest BCUT2D eigenvalue weighted by atomic mass is 16.4. The van der Waals surface area contributed by atoms with Gasteiger partial charge in [0.25, 0.3) is 5.91 Å². The van der Waals surface area contributed by atoms with Gasteiger partial charge < -0.3 is 9.32 Å². The van der Waals surface area contributed by atoms with Gasteiger partial charge >= 0.3 is 0 Å². The third-order valence-electron chi connectivity index (χ3n) is 3.30. The molecule has 0 aliphatic carbocycles. The first kappa shape index (κ1) is 15.2. The average molecular weight is 291 g/mol. The number of aromatic nitrogens is 4. The zero-order valence-corrected chi connectivity index (χ0v) is 13.0. The minimum absolute atomic E-state index is 0.0916. The van der Waals surface area contributed by atoms with Crippen LogP contribution in [0, 0.1) is 6.92 Å². The lowest BCUT2D eigenvalue weighted by atomic mass is 10.2. The number of hydrogen-bond donors (Lipinski definition) is 0. The van der Waals surface area contributed by atoms with Crippen molar-refractivity contribution in [1.82, 2.24) is 24.9 Å². The molecule has 114 valence electrons. The molecule has 0 saturated carbocycles. The van der Waals surface area contributed by atoms with Gasteiger partial charge in [0.1, 0.15) is 0 Å². The van der Waals surface area contributed by atoms with Crippen LogP contribution in [-0.2, 0) is 19.5 Å². The zero-order chi connectivity index (χ0) is 15.4. The number of nitrogens with zero attached hydrogens (tertiary/aromatic N) is 5. The van der Waals surface area contributed by atoms with Crippen molar-refractivity contribution in [2.24, 2.45) is 0 Å². The van der Waals surface area contributed by atoms with E-state index in [1.807, 2.05) is 18.5 Å². The van der Waals surface area contributed by atoms with Crippen LogP contribution in [0.5, 0.6) is 0 Å². The second-order valence-electron chi connectivity index (χ2n) is 4.97. The van der Waals surface area contributed by atoms with Gasteiger partial charge in [-0.05, 0) is 13.3 Å². The summed E-state index contributed by atoms with van der Waals surface area (Å²) in [5, 5.41) is 12.1. The first-order chi connectivity index (χ1) is 10.1. The van der Waals surface area contributed by atoms with Gasteiger partial charge in [-0.3, -0.25) is 9.48 Å². The average Bonchev–Trinajstić information content (AvgIpc) is 3.06. The molecule has 2 aromatic heterocycles. The normalized spacial score (nSPS) is 10.9. The third kappa shape index (κ3) is 3.29. The monoisotopic (exact) mass is 291 g/mol. The molecule has 0 aliphatic rings. The Hall–Kier alpha value is -2.18. The molecule has 7 heteroatoms. The summed E-state index contributed by atoms with van der Waals surface area (Å²) in [6.45, 7) is 7.04. The number of hydrogen-bond acceptors (Lipinski definition) is 5. The molecule has 2 heterocycles. The molecule has 7 nitrogen and oxygen atoms in total. The molecule has 2 rings (SSSR count). The van der Waals surface area contributed by atoms with E-state index >= 15 is 0 Å². The van der Waals surface area contributed by atoms with E-state index in [4.69, 9.17) is 4.42 Å². The summed E-state index contributed by atoms with van der Waals surface area (Å²) < 4.78 is 7.28. The van der Waals surface area contributed by atoms with Crippen LogP contribution < -0.4 is 0 Å². The van der Waals surface area contributed by atoms with Crippen molar-refractivity contribution in [1.29, 1.82) is 0 Å². The number of rotatable bonds is 6. The molecule has 0 N–H and O–H groups in total. The molecule has 2 aromatic rings. The molecule has 0 fully saturated rings. The van der Waals surface area contributed by atoms with Crippen LogP contribution >= 0.6 is 0 Å². The molecule has 21 heavy (non-hydrogen) atoms. The number of carbonyl (C=O) groups is 1. The van der Waals surface area contributed by atoms with Crippen molar-refractivity contribution in [2.45, 2.75) is 46.7 Å². The van der Waals surface area contributed by atoms with Gasteiger partial charge in [0.15, 0.2) is 0 Å². The molecular weight excluding hydrogens is 270 g/mol. The van der Waals surface area contributed by atoms with E-state index < -0.39 is 0 Å². The van der Waals surface area contributed by atoms with Crippen LogP contribution in [0.2, 0.25) is 0 Å². The molecule has 0 aliphatic heterocycles. The highest BCUT2D eigenvalue weighted by molar-refractivity contribution is 5.94. The second-order valence-corrected chi connectivity index (χ2v) is 4.97. The number of aryl methyl sites for hydroxylation is 2. The quantitative estimate of drug-likeness (QED) is 0.811. The Morgan fingerprint density at radius 1 is 1.33 bits per heavy atom. The van der Waals surface area contributed by atoms with E-state index in [-0.39, 0.29) is 5.91 Å². The van der Waals surface area contributed by atoms with Gasteiger partial charge in [-0.15, -0.1) is 10.2 Å². The number of carbonyl (C=O) groups excluding carboxylic acids is 1. The lowest BCUT2D eigenvalue weighted by molar-refractivity contribution is 0.0771. The zero-order valence-electron chi connectivity index (χ0n) is 13.0. The summed E-state index contributed by atoms with van der Waals surface area (Å²) >= 11 is 0. The maximum Gasteiger partial charge on any atom is 0.257 e. The van der Waals surface area contributed by atoms with Gasteiger partial charge in [0.05, 0.1) is 18.3 Å². The van der Waals surface area contributed by atoms with Crippen LogP contribution in [0.25, 0.3) is 0 Å². The molecule has 0 unspecified atom stereocenters. The summed E-state index contributed by atoms with van der Waals surface area (Å²) in [5.41, 5.74) is 1.50. The van der Waals surface area contributed by atoms with E-state index in [1.54, 1.807) is 18.1 Å². The van der Waals surface area contributed by atoms with Crippen molar-refractivity contribution in [3.63, 3.8) is 0 Å². The fraction of sp³-hybridized carbons (Fsp3) is 0.571. The predicted octanol–water partition coefficient (Wildman–Crippen LogP) is 1.82. The van der Waals surface area contributed by atoms with Gasteiger partial charge in [-0.1, -0.05) is 13.8 Å². The molecule has 0 spiro atoms. The van der Waals surface area contributed by atoms with Crippen LogP contribution in [0.1, 0.15) is 48.1 Å². The van der Waals surface area contributed by atoms with Crippen molar-refractivity contribution in [3.8, 4) is 0 Å². The SMILES string of the molecule is CCCn1ncc(C(=O)N(C)Cc2nnc(CC)o2)c1C. The maximum absolute atomic E-state index is 12.4. The maximum atomic E-state index is 12.4. The molecular formula is C14H21N5O2. The van der Waals surface area contributed by atoms with E-state index in [2.05, 4.69) is 22.2 Å². The number of amides is 1. The van der Waals surface area contributed by atoms with Crippen molar-refractivity contribution < 1.29 is 9.21 Å². The summed E-state index contributed by atoms with van der Waals surface area (Å²) in [7, 11) is 1.72. The Labute approximate surface area is 124 Å². The van der Waals surface area contributed by atoms with Crippen molar-refractivity contribution >= 4 is 5.91 Å².